The molecule has 5 nitrogen and oxygen atoms in total. The second-order valence-corrected chi connectivity index (χ2v) is 8.75. The third-order valence-electron chi connectivity index (χ3n) is 4.98. The van der Waals surface area contributed by atoms with Crippen molar-refractivity contribution in [2.75, 3.05) is 26.2 Å². The van der Waals surface area contributed by atoms with Crippen LogP contribution in [0.5, 0.6) is 0 Å². The summed E-state index contributed by atoms with van der Waals surface area (Å²) >= 11 is 0. The van der Waals surface area contributed by atoms with Crippen LogP contribution < -0.4 is 4.90 Å². The van der Waals surface area contributed by atoms with Gasteiger partial charge >= 0.3 is 0 Å². The lowest BCUT2D eigenvalue weighted by Gasteiger charge is -2.40. The van der Waals surface area contributed by atoms with Crippen molar-refractivity contribution in [1.82, 2.24) is 4.31 Å². The van der Waals surface area contributed by atoms with Crippen LogP contribution in [-0.4, -0.2) is 57.2 Å². The number of rotatable bonds is 3. The lowest BCUT2D eigenvalue weighted by atomic mass is 10.0. The number of hydrogen-bond acceptors (Lipinski definition) is 3. The van der Waals surface area contributed by atoms with Crippen LogP contribution in [0.2, 0.25) is 0 Å². The molecule has 0 amide bonds. The minimum Gasteiger partial charge on any atom is -0.364 e. The first-order valence-corrected chi connectivity index (χ1v) is 9.96. The molecule has 2 saturated heterocycles. The predicted octanol–water partition coefficient (Wildman–Crippen LogP) is 0.532. The van der Waals surface area contributed by atoms with E-state index in [4.69, 9.17) is 4.74 Å². The van der Waals surface area contributed by atoms with Gasteiger partial charge in [-0.2, -0.15) is 4.31 Å². The number of piperidine rings is 1. The van der Waals surface area contributed by atoms with Crippen LogP contribution in [-0.2, 0) is 14.8 Å². The molecule has 2 heterocycles. The number of quaternary nitrogens is 1. The van der Waals surface area contributed by atoms with Crippen molar-refractivity contribution in [3.63, 3.8) is 0 Å². The van der Waals surface area contributed by atoms with E-state index in [0.717, 1.165) is 25.9 Å². The Morgan fingerprint density at radius 1 is 1.04 bits per heavy atom. The Hall–Kier alpha value is -0.950. The van der Waals surface area contributed by atoms with Gasteiger partial charge in [-0.3, -0.25) is 0 Å². The molecule has 0 saturated carbocycles. The zero-order valence-corrected chi connectivity index (χ0v) is 14.8. The first-order chi connectivity index (χ1) is 11.0. The molecule has 3 atom stereocenters. The van der Waals surface area contributed by atoms with E-state index in [1.165, 1.54) is 0 Å². The van der Waals surface area contributed by atoms with Gasteiger partial charge in [0.2, 0.25) is 10.0 Å². The Morgan fingerprint density at radius 2 is 1.61 bits per heavy atom. The summed E-state index contributed by atoms with van der Waals surface area (Å²) in [6, 6.07) is 9.30. The number of nitrogens with zero attached hydrogens (tertiary/aromatic N) is 1. The minimum absolute atomic E-state index is 0.292. The number of benzene rings is 1. The van der Waals surface area contributed by atoms with Crippen molar-refractivity contribution < 1.29 is 18.1 Å². The summed E-state index contributed by atoms with van der Waals surface area (Å²) < 4.78 is 32.8. The quantitative estimate of drug-likeness (QED) is 0.874. The van der Waals surface area contributed by atoms with Gasteiger partial charge < -0.3 is 9.64 Å². The maximum Gasteiger partial charge on any atom is 0.243 e. The zero-order valence-electron chi connectivity index (χ0n) is 13.9. The molecule has 6 heteroatoms. The molecule has 2 fully saturated rings. The molecule has 0 aromatic heterocycles. The van der Waals surface area contributed by atoms with Gasteiger partial charge in [0.05, 0.1) is 10.9 Å². The van der Waals surface area contributed by atoms with E-state index in [2.05, 4.69) is 13.8 Å². The molecule has 1 N–H and O–H groups in total. The zero-order chi connectivity index (χ0) is 16.4. The number of ether oxygens (including phenoxy) is 1. The fourth-order valence-corrected chi connectivity index (χ4v) is 5.38. The van der Waals surface area contributed by atoms with E-state index in [-0.39, 0.29) is 0 Å². The summed E-state index contributed by atoms with van der Waals surface area (Å²) in [6.07, 6.45) is 2.45. The first kappa shape index (κ1) is 16.9. The Balaban J connectivity index is 1.62. The molecule has 0 bridgehead atoms. The van der Waals surface area contributed by atoms with Gasteiger partial charge in [-0.05, 0) is 26.0 Å². The van der Waals surface area contributed by atoms with Crippen LogP contribution in [0, 0.1) is 0 Å². The standard InChI is InChI=1S/C17H26N2O3S/c1-14-12-18(13-15(2)22-14)16-8-10-19(11-9-16)23(20,21)17-6-4-3-5-7-17/h3-7,14-16H,8-13H2,1-2H3/p+1/t14-,15+. The van der Waals surface area contributed by atoms with Crippen molar-refractivity contribution in [3.05, 3.63) is 30.3 Å². The Labute approximate surface area is 139 Å². The fourth-order valence-electron chi connectivity index (χ4n) is 3.89. The summed E-state index contributed by atoms with van der Waals surface area (Å²) in [5.41, 5.74) is 0. The van der Waals surface area contributed by atoms with Gasteiger partial charge in [0.15, 0.2) is 0 Å². The molecule has 23 heavy (non-hydrogen) atoms. The predicted molar refractivity (Wildman–Crippen MR) is 88.9 cm³/mol. The average Bonchev–Trinajstić information content (AvgIpc) is 2.55. The van der Waals surface area contributed by atoms with E-state index in [1.54, 1.807) is 33.5 Å². The largest absolute Gasteiger partial charge is 0.364 e. The van der Waals surface area contributed by atoms with E-state index in [0.29, 0.717) is 36.2 Å². The Morgan fingerprint density at radius 3 is 2.17 bits per heavy atom. The molecule has 3 rings (SSSR count). The van der Waals surface area contributed by atoms with Crippen molar-refractivity contribution in [2.24, 2.45) is 0 Å². The van der Waals surface area contributed by atoms with Crippen molar-refractivity contribution in [3.8, 4) is 0 Å². The summed E-state index contributed by atoms with van der Waals surface area (Å²) in [5, 5.41) is 0. The second kappa shape index (κ2) is 6.89. The third-order valence-corrected chi connectivity index (χ3v) is 6.89. The van der Waals surface area contributed by atoms with Crippen molar-refractivity contribution >= 4 is 10.0 Å². The van der Waals surface area contributed by atoms with Crippen molar-refractivity contribution in [1.29, 1.82) is 0 Å². The van der Waals surface area contributed by atoms with E-state index >= 15 is 0 Å². The molecule has 1 aromatic carbocycles. The highest BCUT2D eigenvalue weighted by Crippen LogP contribution is 2.20. The highest BCUT2D eigenvalue weighted by molar-refractivity contribution is 7.89. The molecule has 0 aliphatic carbocycles. The summed E-state index contributed by atoms with van der Waals surface area (Å²) in [4.78, 5) is 1.98. The van der Waals surface area contributed by atoms with Crippen molar-refractivity contribution in [2.45, 2.75) is 49.8 Å². The molecular formula is C17H27N2O3S+. The summed E-state index contributed by atoms with van der Waals surface area (Å²) in [5.74, 6) is 0. The molecule has 1 unspecified atom stereocenters. The summed E-state index contributed by atoms with van der Waals surface area (Å²) in [6.45, 7) is 7.56. The van der Waals surface area contributed by atoms with E-state index < -0.39 is 10.0 Å². The number of hydrogen-bond donors (Lipinski definition) is 1. The molecular weight excluding hydrogens is 312 g/mol. The lowest BCUT2D eigenvalue weighted by molar-refractivity contribution is -0.940. The number of sulfonamides is 1. The monoisotopic (exact) mass is 339 g/mol. The topological polar surface area (TPSA) is 51.0 Å². The van der Waals surface area contributed by atoms with Gasteiger partial charge in [-0.25, -0.2) is 8.42 Å². The van der Waals surface area contributed by atoms with E-state index in [9.17, 15) is 8.42 Å². The normalized spacial score (nSPS) is 31.1. The molecule has 0 spiro atoms. The summed E-state index contributed by atoms with van der Waals surface area (Å²) in [7, 11) is -3.34. The van der Waals surface area contributed by atoms with Gasteiger partial charge in [-0.1, -0.05) is 18.2 Å². The van der Waals surface area contributed by atoms with Crippen LogP contribution in [0.1, 0.15) is 26.7 Å². The van der Waals surface area contributed by atoms with Gasteiger partial charge in [-0.15, -0.1) is 0 Å². The molecule has 1 aromatic rings. The number of morpholine rings is 1. The number of nitrogens with one attached hydrogen (secondary N) is 1. The van der Waals surface area contributed by atoms with Crippen LogP contribution in [0.4, 0.5) is 0 Å². The maximum atomic E-state index is 12.7. The van der Waals surface area contributed by atoms with Crippen LogP contribution >= 0.6 is 0 Å². The Kier molecular flexibility index (Phi) is 5.06. The van der Waals surface area contributed by atoms with Crippen LogP contribution in [0.3, 0.4) is 0 Å². The van der Waals surface area contributed by atoms with Gasteiger partial charge in [0.25, 0.3) is 0 Å². The third kappa shape index (κ3) is 3.76. The smallest absolute Gasteiger partial charge is 0.243 e. The van der Waals surface area contributed by atoms with Gasteiger partial charge in [0, 0.05) is 25.9 Å². The fraction of sp³-hybridized carbons (Fsp3) is 0.647. The highest BCUT2D eigenvalue weighted by Gasteiger charge is 2.36. The van der Waals surface area contributed by atoms with Crippen LogP contribution in [0.15, 0.2) is 35.2 Å². The highest BCUT2D eigenvalue weighted by atomic mass is 32.2. The maximum absolute atomic E-state index is 12.7. The average molecular weight is 339 g/mol. The minimum atomic E-state index is -3.34. The second-order valence-electron chi connectivity index (χ2n) is 6.82. The van der Waals surface area contributed by atoms with Crippen LogP contribution in [0.25, 0.3) is 0 Å². The molecule has 0 radical (unpaired) electrons. The Bertz CT molecular complexity index is 602. The van der Waals surface area contributed by atoms with Gasteiger partial charge in [0.1, 0.15) is 25.3 Å². The molecule has 128 valence electrons. The first-order valence-electron chi connectivity index (χ1n) is 8.52. The molecule has 2 aliphatic heterocycles. The molecule has 2 aliphatic rings. The lowest BCUT2D eigenvalue weighted by Crippen LogP contribution is -3.19. The van der Waals surface area contributed by atoms with E-state index in [1.807, 2.05) is 6.07 Å². The SMILES string of the molecule is C[C@@H]1C[NH+](C2CCN(S(=O)(=O)c3ccccc3)CC2)C[C@H](C)O1.